The highest BCUT2D eigenvalue weighted by Crippen LogP contribution is 2.22. The van der Waals surface area contributed by atoms with Gasteiger partial charge in [-0.25, -0.2) is 8.42 Å². The molecule has 2 aliphatic rings. The van der Waals surface area contributed by atoms with E-state index in [0.717, 1.165) is 19.6 Å². The highest BCUT2D eigenvalue weighted by molar-refractivity contribution is 7.91. The first-order valence-electron chi connectivity index (χ1n) is 6.88. The van der Waals surface area contributed by atoms with E-state index in [2.05, 4.69) is 10.2 Å². The van der Waals surface area contributed by atoms with Crippen LogP contribution >= 0.6 is 0 Å². The van der Waals surface area contributed by atoms with Crippen molar-refractivity contribution in [2.45, 2.75) is 31.8 Å². The van der Waals surface area contributed by atoms with Gasteiger partial charge in [-0.05, 0) is 32.9 Å². The van der Waals surface area contributed by atoms with Crippen LogP contribution in [-0.2, 0) is 14.6 Å². The predicted octanol–water partition coefficient (Wildman–Crippen LogP) is -0.126. The second kappa shape index (κ2) is 6.32. The van der Waals surface area contributed by atoms with Gasteiger partial charge in [0, 0.05) is 25.2 Å². The third kappa shape index (κ3) is 3.66. The van der Waals surface area contributed by atoms with Crippen molar-refractivity contribution in [3.63, 3.8) is 0 Å². The summed E-state index contributed by atoms with van der Waals surface area (Å²) >= 11 is 0. The molecule has 0 aliphatic carbocycles. The number of ether oxygens (including phenoxy) is 1. The van der Waals surface area contributed by atoms with Crippen molar-refractivity contribution in [1.82, 2.24) is 10.2 Å². The quantitative estimate of drug-likeness (QED) is 0.685. The fourth-order valence-electron chi connectivity index (χ4n) is 2.92. The highest BCUT2D eigenvalue weighted by Gasteiger charge is 2.41. The lowest BCUT2D eigenvalue weighted by molar-refractivity contribution is 0.142. The third-order valence-corrected chi connectivity index (χ3v) is 5.51. The second-order valence-corrected chi connectivity index (χ2v) is 7.30. The first kappa shape index (κ1) is 14.2. The molecule has 1 N–H and O–H groups in total. The Morgan fingerprint density at radius 2 is 2.00 bits per heavy atom. The first-order chi connectivity index (χ1) is 8.62. The van der Waals surface area contributed by atoms with Crippen LogP contribution in [0.25, 0.3) is 0 Å². The lowest BCUT2D eigenvalue weighted by atomic mass is 10.1. The normalized spacial score (nSPS) is 32.1. The fraction of sp³-hybridized carbons (Fsp3) is 1.00. The zero-order valence-electron chi connectivity index (χ0n) is 11.1. The van der Waals surface area contributed by atoms with Crippen molar-refractivity contribution < 1.29 is 13.2 Å². The Morgan fingerprint density at radius 1 is 1.28 bits per heavy atom. The smallest absolute Gasteiger partial charge is 0.153 e. The molecule has 2 aliphatic heterocycles. The van der Waals surface area contributed by atoms with Gasteiger partial charge in [0.15, 0.2) is 9.84 Å². The molecule has 0 amide bonds. The average Bonchev–Trinajstić information content (AvgIpc) is 2.91. The average molecular weight is 276 g/mol. The number of rotatable bonds is 6. The number of nitrogens with zero attached hydrogens (tertiary/aromatic N) is 1. The molecule has 2 atom stereocenters. The Balaban J connectivity index is 1.88. The molecule has 6 heteroatoms. The number of hydrogen-bond donors (Lipinski definition) is 1. The molecule has 106 valence electrons. The van der Waals surface area contributed by atoms with Gasteiger partial charge in [0.05, 0.1) is 18.1 Å². The van der Waals surface area contributed by atoms with Crippen LogP contribution in [0.4, 0.5) is 0 Å². The van der Waals surface area contributed by atoms with Gasteiger partial charge >= 0.3 is 0 Å². The van der Waals surface area contributed by atoms with Crippen LogP contribution in [-0.4, -0.2) is 69.8 Å². The molecule has 2 heterocycles. The summed E-state index contributed by atoms with van der Waals surface area (Å²) in [6.07, 6.45) is 2.39. The molecule has 18 heavy (non-hydrogen) atoms. The van der Waals surface area contributed by atoms with Gasteiger partial charge < -0.3 is 10.1 Å². The Hall–Kier alpha value is -0.170. The summed E-state index contributed by atoms with van der Waals surface area (Å²) in [6.45, 7) is 6.15. The van der Waals surface area contributed by atoms with Crippen molar-refractivity contribution >= 4 is 9.84 Å². The summed E-state index contributed by atoms with van der Waals surface area (Å²) in [5, 5.41) is 3.35. The molecule has 0 radical (unpaired) electrons. The zero-order chi connectivity index (χ0) is 13.0. The summed E-state index contributed by atoms with van der Waals surface area (Å²) in [6, 6.07) is 0.243. The molecule has 0 aromatic carbocycles. The Kier molecular flexibility index (Phi) is 5.00. The lowest BCUT2D eigenvalue weighted by Crippen LogP contribution is -2.49. The van der Waals surface area contributed by atoms with E-state index in [1.165, 1.54) is 12.8 Å². The van der Waals surface area contributed by atoms with Gasteiger partial charge in [0.25, 0.3) is 0 Å². The van der Waals surface area contributed by atoms with Crippen molar-refractivity contribution in [3.05, 3.63) is 0 Å². The zero-order valence-corrected chi connectivity index (χ0v) is 11.9. The van der Waals surface area contributed by atoms with Gasteiger partial charge in [-0.3, -0.25) is 4.90 Å². The molecule has 0 saturated carbocycles. The minimum absolute atomic E-state index is 0.0774. The molecular weight excluding hydrogens is 252 g/mol. The molecule has 0 spiro atoms. The van der Waals surface area contributed by atoms with Gasteiger partial charge in [0.2, 0.25) is 0 Å². The molecule has 5 nitrogen and oxygen atoms in total. The summed E-state index contributed by atoms with van der Waals surface area (Å²) < 4.78 is 28.9. The minimum atomic E-state index is -2.87. The van der Waals surface area contributed by atoms with Crippen LogP contribution in [0.3, 0.4) is 0 Å². The first-order valence-corrected chi connectivity index (χ1v) is 8.70. The molecule has 2 fully saturated rings. The van der Waals surface area contributed by atoms with Crippen molar-refractivity contribution in [1.29, 1.82) is 0 Å². The molecular formula is C12H24N2O3S. The molecule has 0 aromatic rings. The Labute approximate surface area is 110 Å². The summed E-state index contributed by atoms with van der Waals surface area (Å²) in [7, 11) is -2.87. The largest absolute Gasteiger partial charge is 0.380 e. The highest BCUT2D eigenvalue weighted by atomic mass is 32.2. The lowest BCUT2D eigenvalue weighted by Gasteiger charge is -2.28. The van der Waals surface area contributed by atoms with Crippen LogP contribution in [0.5, 0.6) is 0 Å². The number of likely N-dealkylation sites (tertiary alicyclic amines) is 1. The van der Waals surface area contributed by atoms with Crippen LogP contribution in [0.1, 0.15) is 19.8 Å². The SMILES string of the molecule is CCOCCN[C@H]1CS(=O)(=O)C[C@@H]1N1CCCC1. The maximum Gasteiger partial charge on any atom is 0.153 e. The van der Waals surface area contributed by atoms with E-state index in [0.29, 0.717) is 19.0 Å². The maximum atomic E-state index is 11.8. The maximum absolute atomic E-state index is 11.8. The topological polar surface area (TPSA) is 58.6 Å². The number of hydrogen-bond acceptors (Lipinski definition) is 5. The predicted molar refractivity (Wildman–Crippen MR) is 71.5 cm³/mol. The van der Waals surface area contributed by atoms with E-state index in [1.54, 1.807) is 0 Å². The van der Waals surface area contributed by atoms with Crippen LogP contribution in [0.2, 0.25) is 0 Å². The molecule has 0 bridgehead atoms. The molecule has 2 saturated heterocycles. The fourth-order valence-corrected chi connectivity index (χ4v) is 4.90. The van der Waals surface area contributed by atoms with E-state index < -0.39 is 9.84 Å². The van der Waals surface area contributed by atoms with E-state index in [4.69, 9.17) is 4.74 Å². The van der Waals surface area contributed by atoms with Crippen LogP contribution in [0, 0.1) is 0 Å². The Morgan fingerprint density at radius 3 is 2.67 bits per heavy atom. The monoisotopic (exact) mass is 276 g/mol. The van der Waals surface area contributed by atoms with E-state index in [-0.39, 0.29) is 17.8 Å². The second-order valence-electron chi connectivity index (χ2n) is 5.14. The van der Waals surface area contributed by atoms with E-state index in [9.17, 15) is 8.42 Å². The Bertz CT molecular complexity index is 352. The summed E-state index contributed by atoms with van der Waals surface area (Å²) in [5.41, 5.74) is 0. The van der Waals surface area contributed by atoms with Gasteiger partial charge in [-0.15, -0.1) is 0 Å². The van der Waals surface area contributed by atoms with Gasteiger partial charge in [-0.1, -0.05) is 0 Å². The molecule has 2 rings (SSSR count). The summed E-state index contributed by atoms with van der Waals surface area (Å²) in [4.78, 5) is 2.34. The van der Waals surface area contributed by atoms with E-state index in [1.807, 2.05) is 6.92 Å². The van der Waals surface area contributed by atoms with Crippen LogP contribution in [0.15, 0.2) is 0 Å². The number of nitrogens with one attached hydrogen (secondary N) is 1. The minimum Gasteiger partial charge on any atom is -0.380 e. The summed E-state index contributed by atoms with van der Waals surface area (Å²) in [5.74, 6) is 0.597. The van der Waals surface area contributed by atoms with E-state index >= 15 is 0 Å². The standard InChI is InChI=1S/C12H24N2O3S/c1-2-17-8-5-13-11-9-18(15,16)10-12(11)14-6-3-4-7-14/h11-13H,2-10H2,1H3/t11-,12-/m0/s1. The molecule has 0 unspecified atom stereocenters. The van der Waals surface area contributed by atoms with Gasteiger partial charge in [-0.2, -0.15) is 0 Å². The van der Waals surface area contributed by atoms with Gasteiger partial charge in [0.1, 0.15) is 0 Å². The van der Waals surface area contributed by atoms with Crippen molar-refractivity contribution in [2.24, 2.45) is 0 Å². The third-order valence-electron chi connectivity index (χ3n) is 3.79. The molecule has 0 aromatic heterocycles. The van der Waals surface area contributed by atoms with Crippen molar-refractivity contribution in [2.75, 3.05) is 44.4 Å². The number of sulfone groups is 1. The van der Waals surface area contributed by atoms with Crippen molar-refractivity contribution in [3.8, 4) is 0 Å². The van der Waals surface area contributed by atoms with Crippen LogP contribution < -0.4 is 5.32 Å².